The normalized spacial score (nSPS) is 16.9. The van der Waals surface area contributed by atoms with Crippen molar-refractivity contribution in [3.63, 3.8) is 0 Å². The first-order valence-corrected chi connectivity index (χ1v) is 29.3. The van der Waals surface area contributed by atoms with E-state index in [0.29, 0.717) is 64.0 Å². The standard InChI is InChI=1S/C63H75N15O8/c1-42(2)57(79)66-55(59(81)75-33-21-27-48(75)39-77-61(68-70-72-77)64-37-46-23-11-9-12-24-46)44(4)84-35-19-7-8-20-36-85-45(5)56(60(82)76-34-22-28-49(76)40-78-62(69-71-73-78)65-38-47-25-13-10-14-26-47)67-58(80)43(3)74(6)63(83)86-41-54-52-31-17-15-29-50(52)51-30-16-18-32-53(51)54/h9-18,23-26,29-32,42-45,48-49,54-56H,21-22,27-28,33-41H2,1-6H3,(H,66,79)(H,67,80)(H,64,68,72)(H,65,69,73)/t43-,44+,45?,48?,49-,55-,56-/m0/s1. The minimum absolute atomic E-state index is 0.0659. The molecule has 450 valence electrons. The number of aromatic nitrogens is 8. The third-order valence-corrected chi connectivity index (χ3v) is 16.0. The molecule has 23 heteroatoms. The summed E-state index contributed by atoms with van der Waals surface area (Å²) in [5.74, 6) is 10.1. The molecule has 86 heavy (non-hydrogen) atoms. The molecule has 1 aliphatic carbocycles. The van der Waals surface area contributed by atoms with Crippen LogP contribution in [0.4, 0.5) is 16.7 Å². The van der Waals surface area contributed by atoms with Crippen LogP contribution in [0, 0.1) is 29.6 Å². The van der Waals surface area contributed by atoms with Gasteiger partial charge in [-0.25, -0.2) is 14.2 Å². The fourth-order valence-corrected chi connectivity index (χ4v) is 10.9. The summed E-state index contributed by atoms with van der Waals surface area (Å²) in [6, 6.07) is 32.0. The van der Waals surface area contributed by atoms with E-state index in [1.54, 1.807) is 53.8 Å². The second-order valence-electron chi connectivity index (χ2n) is 22.1. The molecule has 0 saturated carbocycles. The molecule has 2 fully saturated rings. The Bertz CT molecular complexity index is 3360. The maximum absolute atomic E-state index is 14.8. The van der Waals surface area contributed by atoms with Crippen molar-refractivity contribution in [1.82, 2.24) is 65.7 Å². The maximum Gasteiger partial charge on any atom is 0.410 e. The molecule has 9 rings (SSSR count). The Hall–Kier alpha value is -9.19. The Morgan fingerprint density at radius 2 is 1.05 bits per heavy atom. The van der Waals surface area contributed by atoms with Crippen molar-refractivity contribution in [2.45, 2.75) is 135 Å². The number of carbonyl (C=O) groups is 5. The van der Waals surface area contributed by atoms with E-state index in [1.807, 2.05) is 97.1 Å². The number of likely N-dealkylation sites (N-methyl/N-ethyl adjacent to an activating group) is 1. The lowest BCUT2D eigenvalue weighted by molar-refractivity contribution is -0.142. The van der Waals surface area contributed by atoms with E-state index >= 15 is 0 Å². The van der Waals surface area contributed by atoms with Gasteiger partial charge >= 0.3 is 6.09 Å². The monoisotopic (exact) mass is 1170 g/mol. The number of tetrazole rings is 2. The number of amides is 5. The largest absolute Gasteiger partial charge is 0.448 e. The summed E-state index contributed by atoms with van der Waals surface area (Å²) < 4.78 is 21.4. The van der Waals surface area contributed by atoms with Crippen molar-refractivity contribution < 1.29 is 38.2 Å². The van der Waals surface area contributed by atoms with Crippen LogP contribution in [0.3, 0.4) is 0 Å². The summed E-state index contributed by atoms with van der Waals surface area (Å²) in [6.07, 6.45) is 0.492. The third-order valence-electron chi connectivity index (χ3n) is 16.0. The molecule has 0 bridgehead atoms. The Morgan fingerprint density at radius 1 is 0.605 bits per heavy atom. The zero-order valence-electron chi connectivity index (χ0n) is 49.5. The molecule has 3 aliphatic rings. The van der Waals surface area contributed by atoms with Crippen LogP contribution >= 0.6 is 0 Å². The number of rotatable bonds is 25. The number of nitrogens with one attached hydrogen (secondary N) is 4. The number of likely N-dealkylation sites (tertiary alicyclic amines) is 2. The van der Waals surface area contributed by atoms with Crippen LogP contribution in [0.15, 0.2) is 109 Å². The summed E-state index contributed by atoms with van der Waals surface area (Å²) >= 11 is 0. The van der Waals surface area contributed by atoms with Crippen LogP contribution < -0.4 is 21.3 Å². The van der Waals surface area contributed by atoms with E-state index in [2.05, 4.69) is 88.1 Å². The van der Waals surface area contributed by atoms with Gasteiger partial charge in [0.2, 0.25) is 35.5 Å². The molecule has 0 radical (unpaired) electrons. The van der Waals surface area contributed by atoms with E-state index in [4.69, 9.17) is 14.2 Å². The van der Waals surface area contributed by atoms with Crippen LogP contribution in [-0.4, -0.2) is 167 Å². The number of fused-ring (bicyclic) bond motifs is 3. The number of benzene rings is 4. The number of hydrogen-bond acceptors (Lipinski definition) is 16. The summed E-state index contributed by atoms with van der Waals surface area (Å²) in [5.41, 5.74) is 6.41. The minimum atomic E-state index is -1.20. The van der Waals surface area contributed by atoms with Crippen molar-refractivity contribution in [3.05, 3.63) is 131 Å². The number of ether oxygens (including phenoxy) is 3. The molecule has 2 saturated heterocycles. The van der Waals surface area contributed by atoms with Crippen molar-refractivity contribution in [2.75, 3.05) is 50.6 Å². The smallest absolute Gasteiger partial charge is 0.410 e. The van der Waals surface area contributed by atoms with Gasteiger partial charge in [-0.3, -0.25) is 24.1 Å². The molecule has 4 aromatic carbocycles. The van der Waals surface area contributed by atoms with Gasteiger partial charge in [-0.2, -0.15) is 0 Å². The van der Waals surface area contributed by atoms with Gasteiger partial charge in [0.1, 0.15) is 37.9 Å². The molecule has 6 aromatic rings. The molecule has 2 aliphatic heterocycles. The second kappa shape index (κ2) is 29.6. The highest BCUT2D eigenvalue weighted by atomic mass is 16.6. The maximum atomic E-state index is 14.8. The van der Waals surface area contributed by atoms with E-state index in [0.717, 1.165) is 46.2 Å². The Labute approximate surface area is 501 Å². The van der Waals surface area contributed by atoms with E-state index in [1.165, 1.54) is 11.9 Å². The number of hydrogen-bond donors (Lipinski definition) is 4. The average molecular weight is 1170 g/mol. The van der Waals surface area contributed by atoms with Gasteiger partial charge in [-0.1, -0.05) is 145 Å². The third kappa shape index (κ3) is 15.4. The highest BCUT2D eigenvalue weighted by Crippen LogP contribution is 2.44. The summed E-state index contributed by atoms with van der Waals surface area (Å²) in [5, 5.41) is 37.0. The Kier molecular flexibility index (Phi) is 21.1. The number of nitrogens with zero attached hydrogens (tertiary/aromatic N) is 11. The molecule has 7 atom stereocenters. The van der Waals surface area contributed by atoms with Crippen LogP contribution in [0.5, 0.6) is 0 Å². The first kappa shape index (κ1) is 61.4. The molecular weight excluding hydrogens is 1090 g/mol. The van der Waals surface area contributed by atoms with E-state index in [-0.39, 0.29) is 61.5 Å². The van der Waals surface area contributed by atoms with E-state index < -0.39 is 42.3 Å². The molecule has 4 heterocycles. The summed E-state index contributed by atoms with van der Waals surface area (Å²) in [6.45, 7) is 10.9. The van der Waals surface area contributed by atoms with Gasteiger partial charge in [0.05, 0.1) is 37.4 Å². The molecule has 4 N–H and O–H groups in total. The first-order valence-electron chi connectivity index (χ1n) is 29.3. The highest BCUT2D eigenvalue weighted by molar-refractivity contribution is 5.92. The van der Waals surface area contributed by atoms with Crippen molar-refractivity contribution in [2.24, 2.45) is 5.92 Å². The average Bonchev–Trinajstić information content (AvgIpc) is 2.06. The highest BCUT2D eigenvalue weighted by Gasteiger charge is 2.41. The topological polar surface area (TPSA) is 258 Å². The van der Waals surface area contributed by atoms with Crippen LogP contribution in [0.25, 0.3) is 11.1 Å². The van der Waals surface area contributed by atoms with Crippen LogP contribution in [0.2, 0.25) is 0 Å². The zero-order chi connectivity index (χ0) is 60.5. The zero-order valence-corrected chi connectivity index (χ0v) is 49.5. The fraction of sp³-hybridized carbons (Fsp3) is 0.444. The molecule has 2 unspecified atom stereocenters. The van der Waals surface area contributed by atoms with Gasteiger partial charge in [-0.15, -0.1) is 0 Å². The lowest BCUT2D eigenvalue weighted by Gasteiger charge is -2.33. The Morgan fingerprint density at radius 3 is 1.51 bits per heavy atom. The van der Waals surface area contributed by atoms with Gasteiger partial charge in [0.15, 0.2) is 0 Å². The number of carbonyl (C=O) groups excluding carboxylic acids is 5. The molecule has 2 aromatic heterocycles. The van der Waals surface area contributed by atoms with Crippen molar-refractivity contribution in [1.29, 1.82) is 0 Å². The first-order chi connectivity index (χ1) is 41.7. The molecule has 5 amide bonds. The minimum Gasteiger partial charge on any atom is -0.448 e. The fourth-order valence-electron chi connectivity index (χ4n) is 10.9. The van der Waals surface area contributed by atoms with E-state index in [9.17, 15) is 24.0 Å². The molecular formula is C63H75N15O8. The lowest BCUT2D eigenvalue weighted by atomic mass is 9.98. The van der Waals surface area contributed by atoms with Crippen LogP contribution in [-0.2, 0) is 59.6 Å². The summed E-state index contributed by atoms with van der Waals surface area (Å²) in [4.78, 5) is 74.9. The quantitative estimate of drug-likeness (QED) is 0.0532. The SMILES string of the molecule is CC(C)C(=O)N[C@H](C(=O)N1CCCC1Cn1nnnc1NCc1ccccc1)[C@@H](C)OCC#CC#CCOC(C)[C@H](NC(=O)[C@H](C)N(C)C(=O)OCC1c2ccccc2-c2ccccc21)C(=O)N1CCC[C@H]1Cn1nnnc1NCc1ccccc1. The van der Waals surface area contributed by atoms with Gasteiger partial charge in [-0.05, 0) is 113 Å². The predicted octanol–water partition coefficient (Wildman–Crippen LogP) is 5.28. The second-order valence-corrected chi connectivity index (χ2v) is 22.1. The molecule has 23 nitrogen and oxygen atoms in total. The van der Waals surface area contributed by atoms with Gasteiger partial charge in [0.25, 0.3) is 0 Å². The molecule has 0 spiro atoms. The van der Waals surface area contributed by atoms with Crippen molar-refractivity contribution in [3.8, 4) is 34.8 Å². The lowest BCUT2D eigenvalue weighted by Crippen LogP contribution is -2.58. The van der Waals surface area contributed by atoms with Crippen molar-refractivity contribution >= 4 is 41.6 Å². The number of anilines is 2. The summed E-state index contributed by atoms with van der Waals surface area (Å²) in [7, 11) is 1.49. The Balaban J connectivity index is 0.820. The van der Waals surface area contributed by atoms with Gasteiger partial charge < -0.3 is 45.3 Å². The van der Waals surface area contributed by atoms with Gasteiger partial charge in [0, 0.05) is 45.1 Å². The predicted molar refractivity (Wildman–Crippen MR) is 320 cm³/mol. The van der Waals surface area contributed by atoms with Crippen LogP contribution in [0.1, 0.15) is 88.5 Å².